The number of hydrogen-bond donors (Lipinski definition) is 1. The van der Waals surface area contributed by atoms with Crippen LogP contribution in [0.5, 0.6) is 0 Å². The molecule has 3 aromatic rings. The van der Waals surface area contributed by atoms with Crippen molar-refractivity contribution in [1.29, 1.82) is 0 Å². The summed E-state index contributed by atoms with van der Waals surface area (Å²) in [7, 11) is -3.60. The Labute approximate surface area is 141 Å². The van der Waals surface area contributed by atoms with E-state index >= 15 is 0 Å². The van der Waals surface area contributed by atoms with Gasteiger partial charge in [0.2, 0.25) is 0 Å². The predicted octanol–water partition coefficient (Wildman–Crippen LogP) is 2.74. The molecule has 0 fully saturated rings. The zero-order valence-electron chi connectivity index (χ0n) is 13.5. The van der Waals surface area contributed by atoms with Crippen molar-refractivity contribution in [2.24, 2.45) is 0 Å². The zero-order valence-corrected chi connectivity index (χ0v) is 14.3. The maximum absolute atomic E-state index is 12.5. The van der Waals surface area contributed by atoms with Gasteiger partial charge in [0, 0.05) is 5.69 Å². The first-order chi connectivity index (χ1) is 11.4. The summed E-state index contributed by atoms with van der Waals surface area (Å²) in [6.45, 7) is 4.32. The Morgan fingerprint density at radius 1 is 1.08 bits per heavy atom. The maximum Gasteiger partial charge on any atom is 0.262 e. The van der Waals surface area contributed by atoms with E-state index in [1.54, 1.807) is 42.2 Å². The number of rotatable bonds is 5. The van der Waals surface area contributed by atoms with Gasteiger partial charge >= 0.3 is 0 Å². The summed E-state index contributed by atoms with van der Waals surface area (Å²) < 4.78 is 29.4. The number of benzene rings is 2. The first-order valence-electron chi connectivity index (χ1n) is 7.45. The molecule has 0 atom stereocenters. The molecule has 0 amide bonds. The van der Waals surface area contributed by atoms with Crippen LogP contribution in [0.2, 0.25) is 0 Å². The van der Waals surface area contributed by atoms with Gasteiger partial charge in [0.05, 0.1) is 11.4 Å². The van der Waals surface area contributed by atoms with Crippen LogP contribution in [0.1, 0.15) is 16.7 Å². The highest BCUT2D eigenvalue weighted by Crippen LogP contribution is 2.20. The van der Waals surface area contributed by atoms with Gasteiger partial charge in [-0.3, -0.25) is 4.72 Å². The molecule has 1 aromatic heterocycles. The van der Waals surface area contributed by atoms with E-state index in [1.807, 2.05) is 25.1 Å². The van der Waals surface area contributed by atoms with E-state index in [4.69, 9.17) is 0 Å². The van der Waals surface area contributed by atoms with Crippen molar-refractivity contribution in [1.82, 2.24) is 14.8 Å². The molecule has 0 saturated carbocycles. The summed E-state index contributed by atoms with van der Waals surface area (Å²) in [4.78, 5) is 4.18. The molecule has 24 heavy (non-hydrogen) atoms. The first kappa shape index (κ1) is 16.2. The molecular formula is C17H18N4O2S. The van der Waals surface area contributed by atoms with Gasteiger partial charge in [-0.25, -0.2) is 18.1 Å². The second kappa shape index (κ2) is 6.45. The summed E-state index contributed by atoms with van der Waals surface area (Å²) in [5, 5.41) is 4.04. The van der Waals surface area contributed by atoms with Gasteiger partial charge < -0.3 is 0 Å². The SMILES string of the molecule is Cc1ccc(S(=O)(=O)Nc2ccc(Cn3cncn3)cc2)c(C)c1. The lowest BCUT2D eigenvalue weighted by molar-refractivity contribution is 0.600. The lowest BCUT2D eigenvalue weighted by atomic mass is 10.2. The Hall–Kier alpha value is -2.67. The van der Waals surface area contributed by atoms with Gasteiger partial charge in [-0.15, -0.1) is 0 Å². The molecule has 0 spiro atoms. The first-order valence-corrected chi connectivity index (χ1v) is 8.94. The normalized spacial score (nSPS) is 11.4. The van der Waals surface area contributed by atoms with Gasteiger partial charge in [-0.05, 0) is 43.2 Å². The van der Waals surface area contributed by atoms with Gasteiger partial charge in [0.15, 0.2) is 0 Å². The molecule has 0 saturated heterocycles. The van der Waals surface area contributed by atoms with Crippen molar-refractivity contribution < 1.29 is 8.42 Å². The fourth-order valence-electron chi connectivity index (χ4n) is 2.49. The summed E-state index contributed by atoms with van der Waals surface area (Å²) >= 11 is 0. The minimum absolute atomic E-state index is 0.291. The second-order valence-corrected chi connectivity index (χ2v) is 7.32. The minimum Gasteiger partial charge on any atom is -0.280 e. The highest BCUT2D eigenvalue weighted by Gasteiger charge is 2.16. The van der Waals surface area contributed by atoms with Gasteiger partial charge in [-0.1, -0.05) is 29.8 Å². The number of anilines is 1. The van der Waals surface area contributed by atoms with Crippen molar-refractivity contribution >= 4 is 15.7 Å². The van der Waals surface area contributed by atoms with Gasteiger partial charge in [0.1, 0.15) is 12.7 Å². The lowest BCUT2D eigenvalue weighted by Gasteiger charge is -2.11. The molecule has 124 valence electrons. The number of sulfonamides is 1. The molecule has 0 aliphatic rings. The van der Waals surface area contributed by atoms with Crippen LogP contribution < -0.4 is 4.72 Å². The van der Waals surface area contributed by atoms with E-state index in [2.05, 4.69) is 14.8 Å². The molecule has 0 aliphatic carbocycles. The molecule has 1 N–H and O–H groups in total. The number of nitrogens with zero attached hydrogens (tertiary/aromatic N) is 3. The molecule has 2 aromatic carbocycles. The monoisotopic (exact) mass is 342 g/mol. The van der Waals surface area contributed by atoms with E-state index in [9.17, 15) is 8.42 Å². The molecule has 0 aliphatic heterocycles. The molecule has 1 heterocycles. The summed E-state index contributed by atoms with van der Waals surface area (Å²) in [6.07, 6.45) is 3.11. The van der Waals surface area contributed by atoms with Crippen molar-refractivity contribution in [3.8, 4) is 0 Å². The highest BCUT2D eigenvalue weighted by atomic mass is 32.2. The van der Waals surface area contributed by atoms with Crippen LogP contribution in [0.15, 0.2) is 60.0 Å². The highest BCUT2D eigenvalue weighted by molar-refractivity contribution is 7.92. The molecule has 0 radical (unpaired) electrons. The number of hydrogen-bond acceptors (Lipinski definition) is 4. The maximum atomic E-state index is 12.5. The van der Waals surface area contributed by atoms with Crippen LogP contribution in [0.3, 0.4) is 0 Å². The fourth-order valence-corrected chi connectivity index (χ4v) is 3.78. The molecule has 0 unspecified atom stereocenters. The molecular weight excluding hydrogens is 324 g/mol. The average Bonchev–Trinajstić information content (AvgIpc) is 3.01. The predicted molar refractivity (Wildman–Crippen MR) is 92.3 cm³/mol. The number of aryl methyl sites for hydroxylation is 2. The standard InChI is InChI=1S/C17H18N4O2S/c1-13-3-8-17(14(2)9-13)24(22,23)20-16-6-4-15(5-7-16)10-21-12-18-11-19-21/h3-9,11-12,20H,10H2,1-2H3. The van der Waals surface area contributed by atoms with Crippen LogP contribution in [-0.4, -0.2) is 23.2 Å². The van der Waals surface area contributed by atoms with Crippen LogP contribution in [0, 0.1) is 13.8 Å². The van der Waals surface area contributed by atoms with E-state index in [0.717, 1.165) is 16.7 Å². The second-order valence-electron chi connectivity index (χ2n) is 5.66. The third-order valence-corrected chi connectivity index (χ3v) is 5.18. The Bertz CT molecular complexity index is 933. The van der Waals surface area contributed by atoms with E-state index in [-0.39, 0.29) is 0 Å². The van der Waals surface area contributed by atoms with E-state index < -0.39 is 10.0 Å². The lowest BCUT2D eigenvalue weighted by Crippen LogP contribution is -2.14. The molecule has 6 nitrogen and oxygen atoms in total. The minimum atomic E-state index is -3.60. The Morgan fingerprint density at radius 2 is 1.83 bits per heavy atom. The Kier molecular flexibility index (Phi) is 4.35. The van der Waals surface area contributed by atoms with Crippen molar-refractivity contribution in [3.63, 3.8) is 0 Å². The molecule has 7 heteroatoms. The Balaban J connectivity index is 1.77. The fraction of sp³-hybridized carbons (Fsp3) is 0.176. The van der Waals surface area contributed by atoms with Crippen molar-refractivity contribution in [2.75, 3.05) is 4.72 Å². The molecule has 0 bridgehead atoms. The largest absolute Gasteiger partial charge is 0.280 e. The van der Waals surface area contributed by atoms with Gasteiger partial charge in [-0.2, -0.15) is 5.10 Å². The average molecular weight is 342 g/mol. The topological polar surface area (TPSA) is 76.9 Å². The van der Waals surface area contributed by atoms with E-state index in [1.165, 1.54) is 6.33 Å². The third kappa shape index (κ3) is 3.62. The van der Waals surface area contributed by atoms with Crippen LogP contribution >= 0.6 is 0 Å². The summed E-state index contributed by atoms with van der Waals surface area (Å²) in [5.41, 5.74) is 3.29. The number of aromatic nitrogens is 3. The van der Waals surface area contributed by atoms with Gasteiger partial charge in [0.25, 0.3) is 10.0 Å². The summed E-state index contributed by atoms with van der Waals surface area (Å²) in [5.74, 6) is 0. The van der Waals surface area contributed by atoms with Crippen molar-refractivity contribution in [3.05, 3.63) is 71.8 Å². The smallest absolute Gasteiger partial charge is 0.262 e. The third-order valence-electron chi connectivity index (χ3n) is 3.64. The summed E-state index contributed by atoms with van der Waals surface area (Å²) in [6, 6.07) is 12.5. The zero-order chi connectivity index (χ0) is 17.2. The van der Waals surface area contributed by atoms with Crippen LogP contribution in [0.4, 0.5) is 5.69 Å². The number of nitrogens with one attached hydrogen (secondary N) is 1. The van der Waals surface area contributed by atoms with Crippen molar-refractivity contribution in [2.45, 2.75) is 25.3 Å². The van der Waals surface area contributed by atoms with E-state index in [0.29, 0.717) is 17.1 Å². The van der Waals surface area contributed by atoms with Crippen LogP contribution in [-0.2, 0) is 16.6 Å². The van der Waals surface area contributed by atoms with Crippen LogP contribution in [0.25, 0.3) is 0 Å². The Morgan fingerprint density at radius 3 is 2.46 bits per heavy atom. The quantitative estimate of drug-likeness (QED) is 0.773. The molecule has 3 rings (SSSR count).